The van der Waals surface area contributed by atoms with Crippen molar-refractivity contribution in [3.63, 3.8) is 0 Å². The van der Waals surface area contributed by atoms with Crippen LogP contribution >= 0.6 is 0 Å². The molecule has 5 rings (SSSR count). The van der Waals surface area contributed by atoms with Gasteiger partial charge in [0.2, 0.25) is 10.0 Å². The fourth-order valence-electron chi connectivity index (χ4n) is 4.78. The van der Waals surface area contributed by atoms with Crippen LogP contribution in [0.3, 0.4) is 0 Å². The van der Waals surface area contributed by atoms with Gasteiger partial charge in [-0.3, -0.25) is 4.79 Å². The Balaban J connectivity index is 1.59. The number of rotatable bonds is 6. The van der Waals surface area contributed by atoms with Crippen LogP contribution in [-0.2, 0) is 14.8 Å². The summed E-state index contributed by atoms with van der Waals surface area (Å²) in [4.78, 5) is 19.9. The van der Waals surface area contributed by atoms with Crippen molar-refractivity contribution in [1.29, 1.82) is 0 Å². The predicted octanol–water partition coefficient (Wildman–Crippen LogP) is 4.76. The molecule has 206 valence electrons. The Kier molecular flexibility index (Phi) is 7.12. The number of fused-ring (bicyclic) bond motifs is 3. The summed E-state index contributed by atoms with van der Waals surface area (Å²) in [5, 5.41) is 3.60. The molecular weight excluding hydrogens is 533 g/mol. The number of hydrogen-bond donors (Lipinski definition) is 2. The maximum absolute atomic E-state index is 13.8. The summed E-state index contributed by atoms with van der Waals surface area (Å²) in [6.07, 6.45) is -3.11. The van der Waals surface area contributed by atoms with Crippen LogP contribution in [0.15, 0.2) is 64.4 Å². The van der Waals surface area contributed by atoms with E-state index in [1.165, 1.54) is 42.5 Å². The molecule has 1 aliphatic heterocycles. The monoisotopic (exact) mass is 560 g/mol. The van der Waals surface area contributed by atoms with E-state index in [4.69, 9.17) is 4.74 Å². The fraction of sp³-hybridized carbons (Fsp3) is 0.333. The molecule has 0 amide bonds. The van der Waals surface area contributed by atoms with Gasteiger partial charge in [0.05, 0.1) is 29.0 Å². The number of anilines is 1. The molecule has 2 aromatic carbocycles. The van der Waals surface area contributed by atoms with E-state index in [0.29, 0.717) is 35.1 Å². The van der Waals surface area contributed by atoms with E-state index >= 15 is 0 Å². The maximum Gasteiger partial charge on any atom is 0.408 e. The number of benzene rings is 2. The number of H-pyrrole nitrogens is 1. The van der Waals surface area contributed by atoms with Gasteiger partial charge in [-0.25, -0.2) is 13.4 Å². The lowest BCUT2D eigenvalue weighted by Crippen LogP contribution is -2.40. The fourth-order valence-corrected chi connectivity index (χ4v) is 6.19. The molecule has 0 spiro atoms. The van der Waals surface area contributed by atoms with Crippen molar-refractivity contribution in [2.24, 2.45) is 5.92 Å². The number of hydrogen-bond acceptors (Lipinski definition) is 6. The van der Waals surface area contributed by atoms with Crippen molar-refractivity contribution in [3.05, 3.63) is 65.1 Å². The Morgan fingerprint density at radius 1 is 1.00 bits per heavy atom. The van der Waals surface area contributed by atoms with E-state index in [9.17, 15) is 26.4 Å². The number of alkyl halides is 3. The summed E-state index contributed by atoms with van der Waals surface area (Å²) in [7, 11) is -3.67. The SMILES string of the molecule is CC(C)[C@@H](Nc1nc2cc[nH]c(=O)c2c2cc(-c3ccc(S(=O)(=O)N4CCOCC4)cc3)ccc12)C(F)(F)F. The molecule has 39 heavy (non-hydrogen) atoms. The van der Waals surface area contributed by atoms with E-state index in [1.54, 1.807) is 30.3 Å². The first-order chi connectivity index (χ1) is 18.5. The van der Waals surface area contributed by atoms with Crippen molar-refractivity contribution < 1.29 is 26.3 Å². The van der Waals surface area contributed by atoms with Crippen molar-refractivity contribution >= 4 is 37.5 Å². The van der Waals surface area contributed by atoms with Crippen LogP contribution < -0.4 is 10.9 Å². The van der Waals surface area contributed by atoms with E-state index in [0.717, 1.165) is 0 Å². The molecule has 1 aliphatic rings. The van der Waals surface area contributed by atoms with Gasteiger partial charge in [-0.15, -0.1) is 0 Å². The zero-order chi connectivity index (χ0) is 27.9. The third kappa shape index (κ3) is 5.23. The maximum atomic E-state index is 13.8. The lowest BCUT2D eigenvalue weighted by atomic mass is 9.98. The van der Waals surface area contributed by atoms with Gasteiger partial charge in [0.15, 0.2) is 0 Å². The molecule has 0 saturated carbocycles. The van der Waals surface area contributed by atoms with E-state index < -0.39 is 33.7 Å². The van der Waals surface area contributed by atoms with E-state index in [-0.39, 0.29) is 34.7 Å². The normalized spacial score (nSPS) is 16.2. The van der Waals surface area contributed by atoms with Gasteiger partial charge in [-0.1, -0.05) is 38.1 Å². The first-order valence-electron chi connectivity index (χ1n) is 12.4. The second-order valence-corrected chi connectivity index (χ2v) is 11.7. The topological polar surface area (TPSA) is 104 Å². The Morgan fingerprint density at radius 2 is 1.67 bits per heavy atom. The number of aromatic amines is 1. The highest BCUT2D eigenvalue weighted by atomic mass is 32.2. The van der Waals surface area contributed by atoms with Crippen LogP contribution in [-0.4, -0.2) is 61.2 Å². The van der Waals surface area contributed by atoms with Crippen LogP contribution in [0, 0.1) is 5.92 Å². The summed E-state index contributed by atoms with van der Waals surface area (Å²) in [5.74, 6) is -0.735. The molecule has 0 bridgehead atoms. The minimum atomic E-state index is -4.51. The molecule has 1 fully saturated rings. The van der Waals surface area contributed by atoms with Crippen molar-refractivity contribution in [3.8, 4) is 11.1 Å². The molecule has 1 atom stereocenters. The van der Waals surface area contributed by atoms with Crippen LogP contribution in [0.2, 0.25) is 0 Å². The smallest absolute Gasteiger partial charge is 0.379 e. The highest BCUT2D eigenvalue weighted by molar-refractivity contribution is 7.89. The average molecular weight is 561 g/mol. The van der Waals surface area contributed by atoms with Crippen molar-refractivity contribution in [2.45, 2.75) is 31.0 Å². The van der Waals surface area contributed by atoms with Crippen molar-refractivity contribution in [1.82, 2.24) is 14.3 Å². The molecule has 4 aromatic rings. The second kappa shape index (κ2) is 10.2. The molecule has 1 saturated heterocycles. The second-order valence-electron chi connectivity index (χ2n) is 9.74. The molecule has 12 heteroatoms. The minimum absolute atomic E-state index is 0.0256. The highest BCUT2D eigenvalue weighted by Crippen LogP contribution is 2.35. The number of halogens is 3. The molecule has 2 aromatic heterocycles. The van der Waals surface area contributed by atoms with Gasteiger partial charge in [0.25, 0.3) is 5.56 Å². The lowest BCUT2D eigenvalue weighted by molar-refractivity contribution is -0.150. The third-order valence-electron chi connectivity index (χ3n) is 6.82. The summed E-state index contributed by atoms with van der Waals surface area (Å²) < 4.78 is 73.9. The molecule has 0 unspecified atom stereocenters. The van der Waals surface area contributed by atoms with Gasteiger partial charge in [0, 0.05) is 30.1 Å². The molecular formula is C27H27F3N4O4S. The lowest BCUT2D eigenvalue weighted by Gasteiger charge is -2.26. The van der Waals surface area contributed by atoms with Gasteiger partial charge < -0.3 is 15.0 Å². The first-order valence-corrected chi connectivity index (χ1v) is 13.9. The summed E-state index contributed by atoms with van der Waals surface area (Å²) in [6, 6.07) is 11.1. The first kappa shape index (κ1) is 27.1. The van der Waals surface area contributed by atoms with Gasteiger partial charge >= 0.3 is 6.18 Å². The van der Waals surface area contributed by atoms with Gasteiger partial charge in [-0.05, 0) is 41.3 Å². The number of morpholine rings is 1. The van der Waals surface area contributed by atoms with Crippen LogP contribution in [0.4, 0.5) is 19.0 Å². The number of aromatic nitrogens is 2. The number of nitrogens with zero attached hydrogens (tertiary/aromatic N) is 2. The highest BCUT2D eigenvalue weighted by Gasteiger charge is 2.42. The van der Waals surface area contributed by atoms with Crippen LogP contribution in [0.1, 0.15) is 13.8 Å². The number of ether oxygens (including phenoxy) is 1. The number of pyridine rings is 2. The summed E-state index contributed by atoms with van der Waals surface area (Å²) in [5.41, 5.74) is 1.18. The zero-order valence-corrected chi connectivity index (χ0v) is 22.1. The molecule has 8 nitrogen and oxygen atoms in total. The third-order valence-corrected chi connectivity index (χ3v) is 8.73. The van der Waals surface area contributed by atoms with E-state index in [2.05, 4.69) is 15.3 Å². The Morgan fingerprint density at radius 3 is 2.31 bits per heavy atom. The number of sulfonamides is 1. The zero-order valence-electron chi connectivity index (χ0n) is 21.2. The van der Waals surface area contributed by atoms with E-state index in [1.807, 2.05) is 0 Å². The Bertz CT molecular complexity index is 1680. The van der Waals surface area contributed by atoms with Crippen LogP contribution in [0.25, 0.3) is 32.8 Å². The van der Waals surface area contributed by atoms with Gasteiger partial charge in [-0.2, -0.15) is 17.5 Å². The summed E-state index contributed by atoms with van der Waals surface area (Å²) >= 11 is 0. The largest absolute Gasteiger partial charge is 0.408 e. The minimum Gasteiger partial charge on any atom is -0.379 e. The van der Waals surface area contributed by atoms with Crippen molar-refractivity contribution in [2.75, 3.05) is 31.6 Å². The predicted molar refractivity (Wildman–Crippen MR) is 143 cm³/mol. The van der Waals surface area contributed by atoms with Crippen LogP contribution in [0.5, 0.6) is 0 Å². The molecule has 0 aliphatic carbocycles. The standard InChI is InChI=1S/C27H27F3N4O4S/c1-16(2)24(27(28,29)30)33-25-20-8-5-18(15-21(20)23-22(32-25)9-10-31-26(23)35)17-3-6-19(7-4-17)39(36,37)34-11-13-38-14-12-34/h3-10,15-16,24H,11-14H2,1-2H3,(H,31,35)(H,32,33)/t24-/m1/s1. The summed E-state index contributed by atoms with van der Waals surface area (Å²) in [6.45, 7) is 4.20. The quantitative estimate of drug-likeness (QED) is 0.330. The number of nitrogens with one attached hydrogen (secondary N) is 2. The average Bonchev–Trinajstić information content (AvgIpc) is 2.91. The van der Waals surface area contributed by atoms with Gasteiger partial charge in [0.1, 0.15) is 11.9 Å². The molecule has 0 radical (unpaired) electrons. The Labute approximate surface area is 222 Å². The molecule has 2 N–H and O–H groups in total. The Hall–Kier alpha value is -3.48. The molecule has 3 heterocycles.